The number of methoxy groups -OCH3 is 1. The van der Waals surface area contributed by atoms with Gasteiger partial charge in [0.05, 0.1) is 6.61 Å². The van der Waals surface area contributed by atoms with Crippen LogP contribution in [-0.4, -0.2) is 37.3 Å². The third-order valence-corrected chi connectivity index (χ3v) is 5.84. The van der Waals surface area contributed by atoms with E-state index in [0.29, 0.717) is 10.8 Å². The summed E-state index contributed by atoms with van der Waals surface area (Å²) in [6, 6.07) is 0.603. The van der Waals surface area contributed by atoms with Gasteiger partial charge < -0.3 is 10.1 Å². The average molecular weight is 257 g/mol. The minimum Gasteiger partial charge on any atom is -0.383 e. The fourth-order valence-electron chi connectivity index (χ4n) is 3.01. The maximum atomic E-state index is 5.34. The molecule has 0 aromatic heterocycles. The minimum atomic E-state index is 0.513. The van der Waals surface area contributed by atoms with Gasteiger partial charge >= 0.3 is 0 Å². The Labute approximate surface area is 110 Å². The van der Waals surface area contributed by atoms with E-state index in [9.17, 15) is 0 Å². The van der Waals surface area contributed by atoms with Crippen LogP contribution in [-0.2, 0) is 4.74 Å². The van der Waals surface area contributed by atoms with Gasteiger partial charge in [-0.2, -0.15) is 11.8 Å². The molecule has 2 saturated carbocycles. The molecule has 0 aliphatic heterocycles. The van der Waals surface area contributed by atoms with Crippen LogP contribution in [0, 0.1) is 5.92 Å². The Balaban J connectivity index is 1.80. The van der Waals surface area contributed by atoms with Crippen molar-refractivity contribution >= 4 is 11.8 Å². The maximum absolute atomic E-state index is 5.34. The number of hydrogen-bond donors (Lipinski definition) is 1. The van der Waals surface area contributed by atoms with Crippen LogP contribution in [0.25, 0.3) is 0 Å². The minimum absolute atomic E-state index is 0.513. The first-order chi connectivity index (χ1) is 8.29. The highest BCUT2D eigenvalue weighted by molar-refractivity contribution is 8.00. The third kappa shape index (κ3) is 3.87. The summed E-state index contributed by atoms with van der Waals surface area (Å²) in [4.78, 5) is 0. The van der Waals surface area contributed by atoms with Crippen molar-refractivity contribution in [1.29, 1.82) is 0 Å². The van der Waals surface area contributed by atoms with Gasteiger partial charge in [0.15, 0.2) is 0 Å². The Morgan fingerprint density at radius 3 is 2.53 bits per heavy atom. The van der Waals surface area contributed by atoms with Crippen molar-refractivity contribution in [2.24, 2.45) is 5.92 Å². The molecule has 0 spiro atoms. The number of ether oxygens (including phenoxy) is 1. The Kier molecular flexibility index (Phi) is 5.19. The van der Waals surface area contributed by atoms with Crippen molar-refractivity contribution in [3.63, 3.8) is 0 Å². The fourth-order valence-corrected chi connectivity index (χ4v) is 3.93. The quantitative estimate of drug-likeness (QED) is 0.757. The topological polar surface area (TPSA) is 21.3 Å². The first kappa shape index (κ1) is 13.7. The molecule has 0 amide bonds. The van der Waals surface area contributed by atoms with Gasteiger partial charge in [-0.1, -0.05) is 19.3 Å². The number of rotatable bonds is 7. The summed E-state index contributed by atoms with van der Waals surface area (Å²) in [6.45, 7) is 2.06. The van der Waals surface area contributed by atoms with Gasteiger partial charge in [0.1, 0.15) is 0 Å². The lowest BCUT2D eigenvalue weighted by atomic mass is 9.88. The average Bonchev–Trinajstić information content (AvgIpc) is 3.20. The molecule has 2 rings (SSSR count). The lowest BCUT2D eigenvalue weighted by Gasteiger charge is -2.37. The first-order valence-corrected chi connectivity index (χ1v) is 8.30. The van der Waals surface area contributed by atoms with Crippen LogP contribution in [0.4, 0.5) is 0 Å². The maximum Gasteiger partial charge on any atom is 0.0618 e. The summed E-state index contributed by atoms with van der Waals surface area (Å²) in [6.07, 6.45) is 12.1. The van der Waals surface area contributed by atoms with Crippen LogP contribution >= 0.6 is 11.8 Å². The van der Waals surface area contributed by atoms with Crippen molar-refractivity contribution < 1.29 is 4.74 Å². The van der Waals surface area contributed by atoms with Crippen LogP contribution < -0.4 is 5.32 Å². The van der Waals surface area contributed by atoms with E-state index in [0.717, 1.165) is 12.5 Å². The highest BCUT2D eigenvalue weighted by Crippen LogP contribution is 2.39. The normalized spacial score (nSPS) is 25.8. The molecule has 0 heterocycles. The van der Waals surface area contributed by atoms with Gasteiger partial charge in [-0.15, -0.1) is 0 Å². The molecule has 0 aromatic rings. The lowest BCUT2D eigenvalue weighted by molar-refractivity contribution is 0.154. The highest BCUT2D eigenvalue weighted by Gasteiger charge is 2.35. The van der Waals surface area contributed by atoms with E-state index < -0.39 is 0 Å². The molecule has 1 unspecified atom stereocenters. The van der Waals surface area contributed by atoms with E-state index in [-0.39, 0.29) is 0 Å². The SMILES string of the molecule is COCC(NCC1(SC)CCCCC1)C1CC1. The molecule has 1 atom stereocenters. The third-order valence-electron chi connectivity index (χ3n) is 4.42. The van der Waals surface area contributed by atoms with Gasteiger partial charge in [-0.05, 0) is 37.9 Å². The molecular weight excluding hydrogens is 230 g/mol. The monoisotopic (exact) mass is 257 g/mol. The Hall–Kier alpha value is 0.270. The summed E-state index contributed by atoms with van der Waals surface area (Å²) in [5, 5.41) is 3.80. The molecular formula is C14H27NOS. The van der Waals surface area contributed by atoms with Crippen molar-refractivity contribution in [3.05, 3.63) is 0 Å². The van der Waals surface area contributed by atoms with E-state index in [1.165, 1.54) is 51.5 Å². The van der Waals surface area contributed by atoms with Crippen molar-refractivity contribution in [2.45, 2.75) is 55.7 Å². The zero-order valence-corrected chi connectivity index (χ0v) is 12.2. The summed E-state index contributed by atoms with van der Waals surface area (Å²) in [5.74, 6) is 0.887. The zero-order chi connectivity index (χ0) is 12.1. The van der Waals surface area contributed by atoms with Crippen molar-refractivity contribution in [3.8, 4) is 0 Å². The molecule has 0 aromatic carbocycles. The first-order valence-electron chi connectivity index (χ1n) is 7.07. The van der Waals surface area contributed by atoms with Gasteiger partial charge in [0.25, 0.3) is 0 Å². The molecule has 2 aliphatic rings. The molecule has 1 N–H and O–H groups in total. The predicted molar refractivity (Wildman–Crippen MR) is 75.7 cm³/mol. The summed E-state index contributed by atoms with van der Waals surface area (Å²) in [5.41, 5.74) is 0. The Morgan fingerprint density at radius 1 is 1.29 bits per heavy atom. The van der Waals surface area contributed by atoms with E-state index in [1.54, 1.807) is 0 Å². The van der Waals surface area contributed by atoms with Gasteiger partial charge in [-0.25, -0.2) is 0 Å². The second kappa shape index (κ2) is 6.44. The van der Waals surface area contributed by atoms with Gasteiger partial charge in [0, 0.05) is 24.4 Å². The highest BCUT2D eigenvalue weighted by atomic mass is 32.2. The molecule has 3 heteroatoms. The van der Waals surface area contributed by atoms with Crippen LogP contribution in [0.1, 0.15) is 44.9 Å². The van der Waals surface area contributed by atoms with E-state index in [1.807, 2.05) is 7.11 Å². The summed E-state index contributed by atoms with van der Waals surface area (Å²) < 4.78 is 5.86. The van der Waals surface area contributed by atoms with E-state index in [4.69, 9.17) is 4.74 Å². The molecule has 0 radical (unpaired) electrons. The summed E-state index contributed by atoms with van der Waals surface area (Å²) >= 11 is 2.08. The largest absolute Gasteiger partial charge is 0.383 e. The lowest BCUT2D eigenvalue weighted by Crippen LogP contribution is -2.45. The second-order valence-electron chi connectivity index (χ2n) is 5.73. The Bertz CT molecular complexity index is 224. The second-order valence-corrected chi connectivity index (χ2v) is 7.00. The Morgan fingerprint density at radius 2 is 2.00 bits per heavy atom. The van der Waals surface area contributed by atoms with Crippen LogP contribution in [0.5, 0.6) is 0 Å². The van der Waals surface area contributed by atoms with Crippen LogP contribution in [0.2, 0.25) is 0 Å². The van der Waals surface area contributed by atoms with Gasteiger partial charge in [0.2, 0.25) is 0 Å². The molecule has 17 heavy (non-hydrogen) atoms. The molecule has 2 aliphatic carbocycles. The fraction of sp³-hybridized carbons (Fsp3) is 1.00. The van der Waals surface area contributed by atoms with Crippen LogP contribution in [0.3, 0.4) is 0 Å². The zero-order valence-electron chi connectivity index (χ0n) is 11.3. The molecule has 2 nitrogen and oxygen atoms in total. The smallest absolute Gasteiger partial charge is 0.0618 e. The molecule has 0 saturated heterocycles. The number of thioether (sulfide) groups is 1. The molecule has 2 fully saturated rings. The predicted octanol–water partition coefficient (Wildman–Crippen LogP) is 3.07. The summed E-state index contributed by atoms with van der Waals surface area (Å²) in [7, 11) is 1.82. The van der Waals surface area contributed by atoms with E-state index >= 15 is 0 Å². The van der Waals surface area contributed by atoms with Crippen molar-refractivity contribution in [2.75, 3.05) is 26.5 Å². The van der Waals surface area contributed by atoms with E-state index in [2.05, 4.69) is 23.3 Å². The van der Waals surface area contributed by atoms with Gasteiger partial charge in [-0.3, -0.25) is 0 Å². The number of nitrogens with one attached hydrogen (secondary N) is 1. The van der Waals surface area contributed by atoms with Crippen molar-refractivity contribution in [1.82, 2.24) is 5.32 Å². The van der Waals surface area contributed by atoms with Crippen LogP contribution in [0.15, 0.2) is 0 Å². The standard InChI is InChI=1S/C14H27NOS/c1-16-10-13(12-6-7-12)15-11-14(17-2)8-4-3-5-9-14/h12-13,15H,3-11H2,1-2H3. The molecule has 100 valence electrons. The number of hydrogen-bond acceptors (Lipinski definition) is 3. The molecule has 0 bridgehead atoms.